The van der Waals surface area contributed by atoms with Crippen molar-refractivity contribution in [3.8, 4) is 0 Å². The highest BCUT2D eigenvalue weighted by Gasteiger charge is 2.17. The van der Waals surface area contributed by atoms with Gasteiger partial charge in [0.1, 0.15) is 5.82 Å². The Morgan fingerprint density at radius 2 is 1.87 bits per heavy atom. The van der Waals surface area contributed by atoms with Gasteiger partial charge < -0.3 is 15.5 Å². The Kier molecular flexibility index (Phi) is 7.54. The zero-order valence-electron chi connectivity index (χ0n) is 19.0. The predicted molar refractivity (Wildman–Crippen MR) is 130 cm³/mol. The van der Waals surface area contributed by atoms with Gasteiger partial charge in [-0.05, 0) is 43.0 Å². The summed E-state index contributed by atoms with van der Waals surface area (Å²) >= 11 is 0. The molecule has 1 aromatic heterocycles. The first-order valence-electron chi connectivity index (χ1n) is 11.7. The normalized spacial score (nSPS) is 19.6. The van der Waals surface area contributed by atoms with Crippen molar-refractivity contribution in [2.75, 3.05) is 63.5 Å². The first-order chi connectivity index (χ1) is 15.2. The van der Waals surface area contributed by atoms with Crippen LogP contribution in [0.5, 0.6) is 0 Å². The van der Waals surface area contributed by atoms with Crippen molar-refractivity contribution in [1.29, 1.82) is 0 Å². The molecule has 0 radical (unpaired) electrons. The van der Waals surface area contributed by atoms with Crippen LogP contribution in [0.4, 0.5) is 11.8 Å². The van der Waals surface area contributed by atoms with E-state index in [0.29, 0.717) is 5.95 Å². The molecule has 2 N–H and O–H groups in total. The number of allylic oxidation sites excluding steroid dienone is 5. The zero-order chi connectivity index (χ0) is 21.5. The Morgan fingerprint density at radius 3 is 2.71 bits per heavy atom. The third kappa shape index (κ3) is 6.05. The van der Waals surface area contributed by atoms with Crippen LogP contribution in [-0.4, -0.2) is 72.6 Å². The van der Waals surface area contributed by atoms with E-state index in [1.165, 1.54) is 29.8 Å². The molecule has 3 aliphatic rings. The topological polar surface area (TPSA) is 56.3 Å². The fourth-order valence-corrected chi connectivity index (χ4v) is 4.21. The van der Waals surface area contributed by atoms with Crippen LogP contribution < -0.4 is 10.6 Å². The first kappa shape index (κ1) is 21.8. The number of nitrogens with zero attached hydrogens (tertiary/aromatic N) is 4. The van der Waals surface area contributed by atoms with Gasteiger partial charge in [-0.3, -0.25) is 4.90 Å². The van der Waals surface area contributed by atoms with Crippen LogP contribution >= 0.6 is 0 Å². The van der Waals surface area contributed by atoms with Crippen molar-refractivity contribution in [2.24, 2.45) is 0 Å². The first-order valence-corrected chi connectivity index (χ1v) is 11.7. The van der Waals surface area contributed by atoms with Crippen molar-refractivity contribution in [3.63, 3.8) is 0 Å². The number of unbranched alkanes of at least 4 members (excludes halogenated alkanes) is 1. The van der Waals surface area contributed by atoms with E-state index < -0.39 is 0 Å². The Morgan fingerprint density at radius 1 is 1.06 bits per heavy atom. The average molecular weight is 421 g/mol. The standard InChI is InChI=1S/C25H36N6/c1-3-4-11-27-25-28-18-23-22(10-12-26-24(23)29-25)17-20-6-5-7-21(9-8-20)19-31-15-13-30(2)14-16-31/h6-10,18H,3-5,11-17,19H2,1-2H3,(H2,26,27,28,29). The van der Waals surface area contributed by atoms with Crippen molar-refractivity contribution in [1.82, 2.24) is 19.8 Å². The quantitative estimate of drug-likeness (QED) is 0.621. The number of anilines is 2. The molecule has 0 unspecified atom stereocenters. The second-order valence-corrected chi connectivity index (χ2v) is 8.73. The third-order valence-corrected chi connectivity index (χ3v) is 6.23. The van der Waals surface area contributed by atoms with Crippen LogP contribution in [0.1, 0.15) is 38.2 Å². The fraction of sp³-hybridized carbons (Fsp3) is 0.520. The highest BCUT2D eigenvalue weighted by atomic mass is 15.2. The van der Waals surface area contributed by atoms with Crippen molar-refractivity contribution >= 4 is 17.3 Å². The zero-order valence-corrected chi connectivity index (χ0v) is 19.0. The number of nitrogens with one attached hydrogen (secondary N) is 2. The highest BCUT2D eigenvalue weighted by molar-refractivity contribution is 5.78. The fourth-order valence-electron chi connectivity index (χ4n) is 4.21. The Hall–Kier alpha value is -2.44. The maximum absolute atomic E-state index is 4.70. The molecule has 0 saturated carbocycles. The van der Waals surface area contributed by atoms with Gasteiger partial charge >= 0.3 is 0 Å². The second kappa shape index (κ2) is 10.7. The van der Waals surface area contributed by atoms with Gasteiger partial charge in [0.05, 0.1) is 0 Å². The number of likely N-dealkylation sites (N-methyl/N-ethyl adjacent to an activating group) is 1. The molecule has 4 rings (SSSR count). The Bertz CT molecular complexity index is 874. The smallest absolute Gasteiger partial charge is 0.224 e. The summed E-state index contributed by atoms with van der Waals surface area (Å²) in [7, 11) is 2.21. The van der Waals surface area contributed by atoms with Crippen LogP contribution in [0, 0.1) is 0 Å². The van der Waals surface area contributed by atoms with Crippen molar-refractivity contribution in [3.05, 3.63) is 53.3 Å². The van der Waals surface area contributed by atoms with Crippen LogP contribution in [-0.2, 0) is 0 Å². The lowest BCUT2D eigenvalue weighted by atomic mass is 9.96. The molecule has 1 aromatic rings. The van der Waals surface area contributed by atoms with Gasteiger partial charge in [0.15, 0.2) is 0 Å². The van der Waals surface area contributed by atoms with Crippen LogP contribution in [0.3, 0.4) is 0 Å². The molecule has 0 bridgehead atoms. The number of hydrogen-bond acceptors (Lipinski definition) is 6. The van der Waals surface area contributed by atoms with Crippen LogP contribution in [0.25, 0.3) is 5.57 Å². The molecular weight excluding hydrogens is 384 g/mol. The molecule has 1 aliphatic carbocycles. The summed E-state index contributed by atoms with van der Waals surface area (Å²) in [5.74, 6) is 1.66. The molecule has 1 fully saturated rings. The van der Waals surface area contributed by atoms with Gasteiger partial charge in [0, 0.05) is 57.6 Å². The van der Waals surface area contributed by atoms with Gasteiger partial charge in [-0.25, -0.2) is 4.98 Å². The van der Waals surface area contributed by atoms with Gasteiger partial charge in [-0.2, -0.15) is 4.98 Å². The lowest BCUT2D eigenvalue weighted by molar-refractivity contribution is 0.164. The summed E-state index contributed by atoms with van der Waals surface area (Å²) in [5.41, 5.74) is 5.24. The van der Waals surface area contributed by atoms with Crippen molar-refractivity contribution < 1.29 is 0 Å². The largest absolute Gasteiger partial charge is 0.366 e. The molecule has 6 heteroatoms. The number of aromatic nitrogens is 2. The van der Waals surface area contributed by atoms with Gasteiger partial charge in [-0.15, -0.1) is 0 Å². The van der Waals surface area contributed by atoms with E-state index in [1.807, 2.05) is 6.20 Å². The minimum absolute atomic E-state index is 0.715. The Balaban J connectivity index is 1.35. The van der Waals surface area contributed by atoms with E-state index in [2.05, 4.69) is 69.8 Å². The maximum Gasteiger partial charge on any atom is 0.224 e. The van der Waals surface area contributed by atoms with E-state index in [4.69, 9.17) is 4.98 Å². The van der Waals surface area contributed by atoms with Crippen LogP contribution in [0.15, 0.2) is 47.7 Å². The van der Waals surface area contributed by atoms with E-state index in [9.17, 15) is 0 Å². The number of rotatable bonds is 8. The summed E-state index contributed by atoms with van der Waals surface area (Å²) in [6.45, 7) is 9.64. The summed E-state index contributed by atoms with van der Waals surface area (Å²) < 4.78 is 0. The highest BCUT2D eigenvalue weighted by Crippen LogP contribution is 2.31. The molecular formula is C25H36N6. The van der Waals surface area contributed by atoms with E-state index in [-0.39, 0.29) is 0 Å². The van der Waals surface area contributed by atoms with E-state index >= 15 is 0 Å². The molecule has 0 spiro atoms. The van der Waals surface area contributed by atoms with Gasteiger partial charge in [0.2, 0.25) is 5.95 Å². The molecule has 2 aliphatic heterocycles. The lowest BCUT2D eigenvalue weighted by Crippen LogP contribution is -2.44. The molecule has 0 atom stereocenters. The van der Waals surface area contributed by atoms with E-state index in [1.54, 1.807) is 0 Å². The van der Waals surface area contributed by atoms with E-state index in [0.717, 1.165) is 69.8 Å². The molecule has 31 heavy (non-hydrogen) atoms. The number of fused-ring (bicyclic) bond motifs is 1. The summed E-state index contributed by atoms with van der Waals surface area (Å²) in [5, 5.41) is 6.73. The van der Waals surface area contributed by atoms with Gasteiger partial charge in [-0.1, -0.05) is 43.7 Å². The number of piperazine rings is 1. The van der Waals surface area contributed by atoms with Gasteiger partial charge in [0.25, 0.3) is 0 Å². The summed E-state index contributed by atoms with van der Waals surface area (Å²) in [4.78, 5) is 14.2. The Labute approximate surface area is 186 Å². The summed E-state index contributed by atoms with van der Waals surface area (Å²) in [6, 6.07) is 0. The second-order valence-electron chi connectivity index (χ2n) is 8.73. The molecule has 1 saturated heterocycles. The maximum atomic E-state index is 4.70. The van der Waals surface area contributed by atoms with Crippen LogP contribution in [0.2, 0.25) is 0 Å². The molecule has 0 amide bonds. The molecule has 6 nitrogen and oxygen atoms in total. The SMILES string of the molecule is CCCCNc1ncc2c(n1)NCC=C2CC1=CCC=C(CN2CCN(C)CC2)C=C1. The number of hydrogen-bond donors (Lipinski definition) is 2. The lowest BCUT2D eigenvalue weighted by Gasteiger charge is -2.32. The average Bonchev–Trinajstić information content (AvgIpc) is 3.01. The predicted octanol–water partition coefficient (Wildman–Crippen LogP) is 3.95. The summed E-state index contributed by atoms with van der Waals surface area (Å²) in [6.07, 6.45) is 17.8. The minimum Gasteiger partial charge on any atom is -0.366 e. The monoisotopic (exact) mass is 420 g/mol. The molecule has 166 valence electrons. The molecule has 3 heterocycles. The van der Waals surface area contributed by atoms with Crippen molar-refractivity contribution in [2.45, 2.75) is 32.6 Å². The minimum atomic E-state index is 0.715. The molecule has 0 aromatic carbocycles. The third-order valence-electron chi connectivity index (χ3n) is 6.23.